The Morgan fingerprint density at radius 1 is 1.24 bits per heavy atom. The van der Waals surface area contributed by atoms with E-state index in [4.69, 9.17) is 15.1 Å². The largest absolute Gasteiger partial charge is 0.506 e. The molecule has 6 rings (SSSR count). The molecule has 0 unspecified atom stereocenters. The van der Waals surface area contributed by atoms with E-state index in [1.807, 2.05) is 16.2 Å². The van der Waals surface area contributed by atoms with Crippen LogP contribution in [0.5, 0.6) is 5.75 Å². The summed E-state index contributed by atoms with van der Waals surface area (Å²) in [6, 6.07) is 4.94. The van der Waals surface area contributed by atoms with Gasteiger partial charge in [0.25, 0.3) is 5.91 Å². The van der Waals surface area contributed by atoms with Gasteiger partial charge >= 0.3 is 6.09 Å². The summed E-state index contributed by atoms with van der Waals surface area (Å²) in [7, 11) is 1.82. The number of benzene rings is 1. The summed E-state index contributed by atoms with van der Waals surface area (Å²) in [6.07, 6.45) is 1.25. The van der Waals surface area contributed by atoms with E-state index in [1.165, 1.54) is 11.0 Å². The number of aromatic hydroxyl groups is 1. The van der Waals surface area contributed by atoms with E-state index in [0.717, 1.165) is 18.9 Å². The molecule has 0 radical (unpaired) electrons. The molecule has 0 saturated heterocycles. The third-order valence-electron chi connectivity index (χ3n) is 7.32. The number of alkyl halides is 1. The van der Waals surface area contributed by atoms with Crippen LogP contribution in [-0.4, -0.2) is 72.0 Å². The Labute approximate surface area is 215 Å². The molecule has 0 bridgehead atoms. The number of carbonyl (C=O) groups excluding carboxylic acids is 1. The van der Waals surface area contributed by atoms with Crippen LogP contribution < -0.4 is 5.32 Å². The van der Waals surface area contributed by atoms with E-state index < -0.39 is 24.6 Å². The number of aryl methyl sites for hydroxylation is 1. The molecule has 10 nitrogen and oxygen atoms in total. The first-order valence-corrected chi connectivity index (χ1v) is 12.5. The summed E-state index contributed by atoms with van der Waals surface area (Å²) in [5, 5.41) is 22.1. The van der Waals surface area contributed by atoms with E-state index in [9.17, 15) is 23.5 Å². The highest BCUT2D eigenvalue weighted by Gasteiger charge is 2.31. The van der Waals surface area contributed by atoms with E-state index >= 15 is 0 Å². The average Bonchev–Trinajstić information content (AvgIpc) is 3.54. The van der Waals surface area contributed by atoms with Crippen molar-refractivity contribution in [3.63, 3.8) is 0 Å². The number of carbonyl (C=O) groups is 2. The molecule has 2 amide bonds. The lowest BCUT2D eigenvalue weighted by Gasteiger charge is -2.30. The number of imidazole rings is 1. The third-order valence-corrected chi connectivity index (χ3v) is 7.32. The number of nitrogens with zero attached hydrogens (tertiary/aromatic N) is 5. The van der Waals surface area contributed by atoms with Gasteiger partial charge in [-0.3, -0.25) is 4.79 Å². The molecule has 1 saturated carbocycles. The molecule has 4 aromatic rings. The minimum Gasteiger partial charge on any atom is -0.506 e. The second-order valence-corrected chi connectivity index (χ2v) is 10.1. The van der Waals surface area contributed by atoms with Crippen molar-refractivity contribution in [2.45, 2.75) is 31.8 Å². The number of halogens is 2. The van der Waals surface area contributed by atoms with Crippen LogP contribution in [0.2, 0.25) is 0 Å². The molecule has 1 atom stereocenters. The fourth-order valence-corrected chi connectivity index (χ4v) is 5.30. The highest BCUT2D eigenvalue weighted by atomic mass is 19.1. The molecule has 1 fully saturated rings. The second-order valence-electron chi connectivity index (χ2n) is 10.1. The third kappa shape index (κ3) is 4.09. The van der Waals surface area contributed by atoms with Crippen LogP contribution in [0.3, 0.4) is 0 Å². The van der Waals surface area contributed by atoms with Gasteiger partial charge in [-0.2, -0.15) is 0 Å². The summed E-state index contributed by atoms with van der Waals surface area (Å²) >= 11 is 0. The number of carboxylic acid groups (broad SMARTS) is 1. The van der Waals surface area contributed by atoms with Gasteiger partial charge in [0.1, 0.15) is 23.8 Å². The number of nitrogens with one attached hydrogen (secondary N) is 1. The molecule has 1 aromatic carbocycles. The Kier molecular flexibility index (Phi) is 5.69. The predicted octanol–water partition coefficient (Wildman–Crippen LogP) is 3.45. The van der Waals surface area contributed by atoms with Gasteiger partial charge in [0.2, 0.25) is 0 Å². The van der Waals surface area contributed by atoms with E-state index in [-0.39, 0.29) is 24.7 Å². The van der Waals surface area contributed by atoms with E-state index in [1.54, 1.807) is 12.1 Å². The van der Waals surface area contributed by atoms with Gasteiger partial charge in [-0.15, -0.1) is 0 Å². The quantitative estimate of drug-likeness (QED) is 0.340. The SMILES string of the molecule is Cn1c(-c2cc3cc(F)cc(O)c3n2CC2CC2)nc2cc3c(nc21)CCN(C[C@@H](CF)NC(=O)O)C3=O. The molecule has 1 aliphatic heterocycles. The smallest absolute Gasteiger partial charge is 0.405 e. The molecule has 12 heteroatoms. The number of amides is 2. The Morgan fingerprint density at radius 2 is 2.03 bits per heavy atom. The normalized spacial score (nSPS) is 16.3. The van der Waals surface area contributed by atoms with Gasteiger partial charge in [0.15, 0.2) is 11.5 Å². The van der Waals surface area contributed by atoms with Crippen molar-refractivity contribution in [3.05, 3.63) is 41.3 Å². The van der Waals surface area contributed by atoms with E-state index in [0.29, 0.717) is 63.7 Å². The topological polar surface area (TPSA) is 126 Å². The van der Waals surface area contributed by atoms with Gasteiger partial charge < -0.3 is 29.6 Å². The molecule has 1 aliphatic carbocycles. The first-order valence-electron chi connectivity index (χ1n) is 12.5. The van der Waals surface area contributed by atoms with Gasteiger partial charge in [-0.05, 0) is 37.0 Å². The molecule has 0 spiro atoms. The molecule has 2 aliphatic rings. The van der Waals surface area contributed by atoms with Gasteiger partial charge in [0.05, 0.1) is 28.5 Å². The Hall–Kier alpha value is -4.22. The van der Waals surface area contributed by atoms with Crippen LogP contribution in [0, 0.1) is 11.7 Å². The summed E-state index contributed by atoms with van der Waals surface area (Å²) < 4.78 is 31.2. The zero-order valence-corrected chi connectivity index (χ0v) is 20.6. The molecule has 3 N–H and O–H groups in total. The Bertz CT molecular complexity index is 1610. The second kappa shape index (κ2) is 8.96. The zero-order chi connectivity index (χ0) is 26.7. The predicted molar refractivity (Wildman–Crippen MR) is 134 cm³/mol. The molecular weight excluding hydrogens is 498 g/mol. The summed E-state index contributed by atoms with van der Waals surface area (Å²) in [6.45, 7) is -0.0714. The number of pyridine rings is 1. The molecule has 4 heterocycles. The number of fused-ring (bicyclic) bond motifs is 3. The molecular formula is C26H26F2N6O4. The molecule has 198 valence electrons. The highest BCUT2D eigenvalue weighted by molar-refractivity contribution is 5.99. The molecule has 38 heavy (non-hydrogen) atoms. The highest BCUT2D eigenvalue weighted by Crippen LogP contribution is 2.39. The number of aromatic nitrogens is 4. The van der Waals surface area contributed by atoms with Crippen LogP contribution in [-0.2, 0) is 20.0 Å². The number of phenolic OH excluding ortho intramolecular Hbond substituents is 1. The molecule has 3 aromatic heterocycles. The lowest BCUT2D eigenvalue weighted by molar-refractivity contribution is 0.0712. The zero-order valence-electron chi connectivity index (χ0n) is 20.6. The van der Waals surface area contributed by atoms with Gasteiger partial charge in [-0.25, -0.2) is 23.5 Å². The lowest BCUT2D eigenvalue weighted by Crippen LogP contribution is -2.48. The van der Waals surface area contributed by atoms with Gasteiger partial charge in [-0.1, -0.05) is 0 Å². The number of rotatable bonds is 7. The Morgan fingerprint density at radius 3 is 2.74 bits per heavy atom. The first kappa shape index (κ1) is 24.1. The van der Waals surface area contributed by atoms with Crippen LogP contribution in [0.4, 0.5) is 13.6 Å². The Balaban J connectivity index is 1.41. The van der Waals surface area contributed by atoms with Crippen molar-refractivity contribution in [1.29, 1.82) is 0 Å². The van der Waals surface area contributed by atoms with Gasteiger partial charge in [0, 0.05) is 44.6 Å². The number of hydrogen-bond acceptors (Lipinski definition) is 5. The van der Waals surface area contributed by atoms with Crippen molar-refractivity contribution in [3.8, 4) is 17.3 Å². The van der Waals surface area contributed by atoms with Crippen molar-refractivity contribution < 1.29 is 28.6 Å². The maximum absolute atomic E-state index is 14.1. The van der Waals surface area contributed by atoms with Crippen LogP contribution in [0.1, 0.15) is 28.9 Å². The maximum Gasteiger partial charge on any atom is 0.405 e. The van der Waals surface area contributed by atoms with Crippen molar-refractivity contribution in [2.24, 2.45) is 13.0 Å². The van der Waals surface area contributed by atoms with E-state index in [2.05, 4.69) is 5.32 Å². The van der Waals surface area contributed by atoms with Crippen LogP contribution in [0.15, 0.2) is 24.3 Å². The van der Waals surface area contributed by atoms with Crippen LogP contribution in [0.25, 0.3) is 33.6 Å². The lowest BCUT2D eigenvalue weighted by atomic mass is 10.0. The summed E-state index contributed by atoms with van der Waals surface area (Å²) in [5.41, 5.74) is 3.27. The number of hydrogen-bond donors (Lipinski definition) is 3. The number of phenols is 1. The van der Waals surface area contributed by atoms with Crippen molar-refractivity contribution in [1.82, 2.24) is 29.3 Å². The fourth-order valence-electron chi connectivity index (χ4n) is 5.30. The van der Waals surface area contributed by atoms with Crippen LogP contribution >= 0.6 is 0 Å². The van der Waals surface area contributed by atoms with Crippen molar-refractivity contribution >= 4 is 34.1 Å². The minimum atomic E-state index is -1.35. The summed E-state index contributed by atoms with van der Waals surface area (Å²) in [4.78, 5) is 35.1. The van der Waals surface area contributed by atoms with Crippen molar-refractivity contribution in [2.75, 3.05) is 19.8 Å². The minimum absolute atomic E-state index is 0.0894. The monoisotopic (exact) mass is 524 g/mol. The summed E-state index contributed by atoms with van der Waals surface area (Å²) in [5.74, 6) is 0.0250. The standard InChI is InChI=1S/C26H26F2N6O4/c1-32-23-19(9-17-18(30-23)4-5-33(25(17)36)12-16(10-27)29-26(37)38)31-24(32)20-7-14-6-15(28)8-21(35)22(14)34(20)11-13-2-3-13/h6-9,13,16,29,35H,2-5,10-12H2,1H3,(H,37,38)/t16-/m1/s1. The first-order chi connectivity index (χ1) is 18.2. The maximum atomic E-state index is 14.1. The average molecular weight is 525 g/mol. The fraction of sp³-hybridized carbons (Fsp3) is 0.385.